The summed E-state index contributed by atoms with van der Waals surface area (Å²) < 4.78 is 10.9. The lowest BCUT2D eigenvalue weighted by Gasteiger charge is -2.07. The van der Waals surface area contributed by atoms with Crippen LogP contribution in [-0.4, -0.2) is 23.2 Å². The highest BCUT2D eigenvalue weighted by atomic mass is 32.2. The molecule has 7 heteroatoms. The third kappa shape index (κ3) is 5.73. The van der Waals surface area contributed by atoms with Crippen LogP contribution < -0.4 is 10.1 Å². The number of ether oxygens (including phenoxy) is 1. The molecule has 156 valence electrons. The highest BCUT2D eigenvalue weighted by Crippen LogP contribution is 2.25. The molecule has 0 aliphatic heterocycles. The number of rotatable bonds is 8. The number of benzene rings is 3. The van der Waals surface area contributed by atoms with Gasteiger partial charge in [0, 0.05) is 16.1 Å². The van der Waals surface area contributed by atoms with Crippen LogP contribution in [0.3, 0.4) is 0 Å². The van der Waals surface area contributed by atoms with Crippen molar-refractivity contribution in [3.05, 3.63) is 90.3 Å². The predicted octanol–water partition coefficient (Wildman–Crippen LogP) is 5.22. The van der Waals surface area contributed by atoms with Crippen molar-refractivity contribution in [1.29, 1.82) is 0 Å². The van der Waals surface area contributed by atoms with E-state index in [0.29, 0.717) is 24.0 Å². The Labute approximate surface area is 184 Å². The minimum absolute atomic E-state index is 0.0649. The van der Waals surface area contributed by atoms with Crippen LogP contribution in [0.25, 0.3) is 11.5 Å². The van der Waals surface area contributed by atoms with Crippen molar-refractivity contribution in [3.63, 3.8) is 0 Å². The predicted molar refractivity (Wildman–Crippen MR) is 121 cm³/mol. The van der Waals surface area contributed by atoms with Crippen molar-refractivity contribution in [2.45, 2.75) is 17.1 Å². The number of amides is 1. The summed E-state index contributed by atoms with van der Waals surface area (Å²) >= 11 is 1.59. The Morgan fingerprint density at radius 3 is 2.42 bits per heavy atom. The maximum absolute atomic E-state index is 12.3. The number of hydrogen-bond acceptors (Lipinski definition) is 6. The molecular formula is C24H21N3O3S. The lowest BCUT2D eigenvalue weighted by Crippen LogP contribution is -2.14. The molecule has 31 heavy (non-hydrogen) atoms. The van der Waals surface area contributed by atoms with Crippen molar-refractivity contribution in [2.24, 2.45) is 0 Å². The molecule has 4 rings (SSSR count). The van der Waals surface area contributed by atoms with Crippen LogP contribution in [0.2, 0.25) is 0 Å². The first-order chi connectivity index (χ1) is 15.2. The fourth-order valence-corrected chi connectivity index (χ4v) is 3.66. The molecule has 6 nitrogen and oxygen atoms in total. The Kier molecular flexibility index (Phi) is 6.64. The van der Waals surface area contributed by atoms with Crippen LogP contribution in [0.4, 0.5) is 5.69 Å². The number of aromatic nitrogens is 2. The Morgan fingerprint density at radius 2 is 1.71 bits per heavy atom. The zero-order valence-corrected chi connectivity index (χ0v) is 17.8. The number of thioether (sulfide) groups is 1. The number of nitrogens with one attached hydrogen (secondary N) is 1. The summed E-state index contributed by atoms with van der Waals surface area (Å²) in [5.74, 6) is 2.37. The van der Waals surface area contributed by atoms with Gasteiger partial charge in [-0.3, -0.25) is 4.79 Å². The van der Waals surface area contributed by atoms with Crippen LogP contribution >= 0.6 is 11.8 Å². The number of methoxy groups -OCH3 is 1. The summed E-state index contributed by atoms with van der Waals surface area (Å²) in [5, 5.41) is 11.1. The average Bonchev–Trinajstić information content (AvgIpc) is 3.29. The van der Waals surface area contributed by atoms with E-state index in [4.69, 9.17) is 9.15 Å². The topological polar surface area (TPSA) is 77.2 Å². The second-order valence-corrected chi connectivity index (χ2v) is 7.80. The molecule has 1 heterocycles. The Balaban J connectivity index is 1.28. The van der Waals surface area contributed by atoms with E-state index in [9.17, 15) is 4.79 Å². The number of carbonyl (C=O) groups excluding carboxylic acids is 1. The van der Waals surface area contributed by atoms with Gasteiger partial charge in [-0.05, 0) is 54.1 Å². The number of hydrogen-bond donors (Lipinski definition) is 1. The molecule has 1 N–H and O–H groups in total. The monoisotopic (exact) mass is 431 g/mol. The first kappa shape index (κ1) is 20.7. The Hall–Kier alpha value is -3.58. The number of carbonyl (C=O) groups is 1. The van der Waals surface area contributed by atoms with E-state index in [2.05, 4.69) is 15.5 Å². The summed E-state index contributed by atoms with van der Waals surface area (Å²) in [4.78, 5) is 13.3. The maximum atomic E-state index is 12.3. The summed E-state index contributed by atoms with van der Waals surface area (Å²) in [6.07, 6.45) is 0.307. The zero-order valence-electron chi connectivity index (χ0n) is 16.9. The standard InChI is InChI=1S/C24H21N3O3S/c1-29-20-11-7-17(8-12-20)15-22(28)25-19-9-13-21(14-10-19)31-16-23-26-27-24(30-23)18-5-3-2-4-6-18/h2-14H,15-16H2,1H3,(H,25,28). The second kappa shape index (κ2) is 9.95. The van der Waals surface area contributed by atoms with Gasteiger partial charge in [0.05, 0.1) is 19.3 Å². The molecule has 0 spiro atoms. The zero-order chi connectivity index (χ0) is 21.5. The van der Waals surface area contributed by atoms with Gasteiger partial charge in [0.1, 0.15) is 5.75 Å². The van der Waals surface area contributed by atoms with E-state index in [1.165, 1.54) is 0 Å². The van der Waals surface area contributed by atoms with Gasteiger partial charge in [0.15, 0.2) is 0 Å². The second-order valence-electron chi connectivity index (χ2n) is 6.75. The van der Waals surface area contributed by atoms with Crippen molar-refractivity contribution in [1.82, 2.24) is 10.2 Å². The molecule has 0 fully saturated rings. The van der Waals surface area contributed by atoms with Gasteiger partial charge in [-0.1, -0.05) is 30.3 Å². The Morgan fingerprint density at radius 1 is 0.968 bits per heavy atom. The van der Waals surface area contributed by atoms with E-state index >= 15 is 0 Å². The molecule has 0 unspecified atom stereocenters. The molecular weight excluding hydrogens is 410 g/mol. The molecule has 0 saturated carbocycles. The Bertz CT molecular complexity index is 1130. The quantitative estimate of drug-likeness (QED) is 0.386. The van der Waals surface area contributed by atoms with Crippen molar-refractivity contribution < 1.29 is 13.9 Å². The summed E-state index contributed by atoms with van der Waals surface area (Å²) in [5.41, 5.74) is 2.59. The van der Waals surface area contributed by atoms with E-state index in [-0.39, 0.29) is 5.91 Å². The van der Waals surface area contributed by atoms with Crippen molar-refractivity contribution in [2.75, 3.05) is 12.4 Å². The van der Waals surface area contributed by atoms with Crippen molar-refractivity contribution in [3.8, 4) is 17.2 Å². The summed E-state index contributed by atoms with van der Waals surface area (Å²) in [6.45, 7) is 0. The molecule has 0 atom stereocenters. The fourth-order valence-electron chi connectivity index (χ4n) is 2.92. The summed E-state index contributed by atoms with van der Waals surface area (Å²) in [7, 11) is 1.62. The van der Waals surface area contributed by atoms with Crippen molar-refractivity contribution >= 4 is 23.4 Å². The summed E-state index contributed by atoms with van der Waals surface area (Å²) in [6, 6.07) is 24.9. The smallest absolute Gasteiger partial charge is 0.247 e. The van der Waals surface area contributed by atoms with Crippen LogP contribution in [0.5, 0.6) is 5.75 Å². The fraction of sp³-hybridized carbons (Fsp3) is 0.125. The van der Waals surface area contributed by atoms with E-state index in [0.717, 1.165) is 27.5 Å². The number of nitrogens with zero attached hydrogens (tertiary/aromatic N) is 2. The molecule has 1 amide bonds. The molecule has 0 radical (unpaired) electrons. The minimum Gasteiger partial charge on any atom is -0.497 e. The van der Waals surface area contributed by atoms with Gasteiger partial charge >= 0.3 is 0 Å². The molecule has 0 bridgehead atoms. The third-order valence-corrected chi connectivity index (χ3v) is 5.51. The lowest BCUT2D eigenvalue weighted by molar-refractivity contribution is -0.115. The largest absolute Gasteiger partial charge is 0.497 e. The van der Waals surface area contributed by atoms with Gasteiger partial charge in [-0.2, -0.15) is 0 Å². The van der Waals surface area contributed by atoms with E-state index in [1.54, 1.807) is 18.9 Å². The molecule has 4 aromatic rings. The van der Waals surface area contributed by atoms with Gasteiger partial charge in [-0.25, -0.2) is 0 Å². The van der Waals surface area contributed by atoms with Gasteiger partial charge in [0.2, 0.25) is 17.7 Å². The lowest BCUT2D eigenvalue weighted by atomic mass is 10.1. The maximum Gasteiger partial charge on any atom is 0.247 e. The number of anilines is 1. The third-order valence-electron chi connectivity index (χ3n) is 4.51. The molecule has 0 saturated heterocycles. The molecule has 0 aliphatic rings. The van der Waals surface area contributed by atoms with Crippen LogP contribution in [0.1, 0.15) is 11.5 Å². The molecule has 3 aromatic carbocycles. The van der Waals surface area contributed by atoms with Gasteiger partial charge < -0.3 is 14.5 Å². The first-order valence-corrected chi connectivity index (χ1v) is 10.7. The highest BCUT2D eigenvalue weighted by Gasteiger charge is 2.09. The molecule has 0 aliphatic carbocycles. The van der Waals surface area contributed by atoms with Crippen LogP contribution in [0.15, 0.2) is 88.2 Å². The normalized spacial score (nSPS) is 10.6. The minimum atomic E-state index is -0.0649. The first-order valence-electron chi connectivity index (χ1n) is 9.73. The highest BCUT2D eigenvalue weighted by molar-refractivity contribution is 7.98. The van der Waals surface area contributed by atoms with E-state index < -0.39 is 0 Å². The van der Waals surface area contributed by atoms with Crippen LogP contribution in [-0.2, 0) is 17.0 Å². The SMILES string of the molecule is COc1ccc(CC(=O)Nc2ccc(SCc3nnc(-c4ccccc4)o3)cc2)cc1. The molecule has 1 aromatic heterocycles. The van der Waals surface area contributed by atoms with Gasteiger partial charge in [-0.15, -0.1) is 22.0 Å². The van der Waals surface area contributed by atoms with E-state index in [1.807, 2.05) is 78.9 Å². The average molecular weight is 432 g/mol. The van der Waals surface area contributed by atoms with Crippen LogP contribution in [0, 0.1) is 0 Å². The van der Waals surface area contributed by atoms with Gasteiger partial charge in [0.25, 0.3) is 0 Å².